The van der Waals surface area contributed by atoms with Crippen LogP contribution >= 0.6 is 15.9 Å². The number of hydrogen-bond acceptors (Lipinski definition) is 2. The Labute approximate surface area is 85.3 Å². The highest BCUT2D eigenvalue weighted by Gasteiger charge is 2.08. The van der Waals surface area contributed by atoms with E-state index in [9.17, 15) is 4.79 Å². The van der Waals surface area contributed by atoms with Crippen LogP contribution in [0.1, 0.15) is 15.9 Å². The molecular weight excluding hydrogens is 232 g/mol. The number of carbonyl (C=O) groups is 1. The number of hydrogen-bond donors (Lipinski definition) is 0. The summed E-state index contributed by atoms with van der Waals surface area (Å²) in [5, 5.41) is 0. The van der Waals surface area contributed by atoms with Crippen LogP contribution in [0.4, 0.5) is 0 Å². The Morgan fingerprint density at radius 2 is 2.15 bits per heavy atom. The minimum atomic E-state index is 0.520. The minimum absolute atomic E-state index is 0.520. The first kappa shape index (κ1) is 9.99. The Morgan fingerprint density at radius 3 is 2.62 bits per heavy atom. The highest BCUT2D eigenvalue weighted by atomic mass is 79.9. The quantitative estimate of drug-likeness (QED) is 0.760. The van der Waals surface area contributed by atoms with Gasteiger partial charge in [0, 0.05) is 10.0 Å². The minimum Gasteiger partial charge on any atom is -0.496 e. The molecule has 0 N–H and O–H groups in total. The fourth-order valence-electron chi connectivity index (χ4n) is 1.10. The lowest BCUT2D eigenvalue weighted by atomic mass is 10.1. The topological polar surface area (TPSA) is 26.3 Å². The number of benzene rings is 1. The molecule has 2 nitrogen and oxygen atoms in total. The van der Waals surface area contributed by atoms with E-state index in [1.165, 1.54) is 7.11 Å². The van der Waals surface area contributed by atoms with Gasteiger partial charge in [0.2, 0.25) is 0 Å². The van der Waals surface area contributed by atoms with Gasteiger partial charge in [-0.3, -0.25) is 4.79 Å². The van der Waals surface area contributed by atoms with E-state index in [0.717, 1.165) is 16.3 Å². The van der Waals surface area contributed by atoms with Crippen LogP contribution in [0.3, 0.4) is 0 Å². The lowest BCUT2D eigenvalue weighted by molar-refractivity contribution is 0.112. The second kappa shape index (κ2) is 4.23. The maximum Gasteiger partial charge on any atom is 0.154 e. The van der Waals surface area contributed by atoms with Crippen molar-refractivity contribution in [3.05, 3.63) is 34.3 Å². The maximum atomic E-state index is 10.8. The van der Waals surface area contributed by atoms with Crippen LogP contribution in [-0.4, -0.2) is 13.4 Å². The van der Waals surface area contributed by atoms with Crippen molar-refractivity contribution in [2.24, 2.45) is 0 Å². The molecule has 1 aromatic carbocycles. The number of rotatable bonds is 3. The average Bonchev–Trinajstić information content (AvgIpc) is 2.17. The first-order valence-corrected chi connectivity index (χ1v) is 4.48. The molecule has 0 spiro atoms. The molecule has 0 amide bonds. The lowest BCUT2D eigenvalue weighted by Gasteiger charge is -2.07. The van der Waals surface area contributed by atoms with Crippen molar-refractivity contribution in [1.29, 1.82) is 0 Å². The van der Waals surface area contributed by atoms with Crippen LogP contribution in [0.15, 0.2) is 23.2 Å². The summed E-state index contributed by atoms with van der Waals surface area (Å²) >= 11 is 3.33. The van der Waals surface area contributed by atoms with Crippen molar-refractivity contribution >= 4 is 28.3 Å². The number of carbonyl (C=O) groups excluding carboxylic acids is 1. The van der Waals surface area contributed by atoms with E-state index >= 15 is 0 Å². The second-order valence-electron chi connectivity index (χ2n) is 2.40. The molecule has 0 aliphatic rings. The summed E-state index contributed by atoms with van der Waals surface area (Å²) in [5.41, 5.74) is 1.28. The standard InChI is InChI=1S/C10H9BrO2/c1-3-7-8(6-12)10(13-2)5-4-9(7)11/h3-6H,1H2,2H3. The summed E-state index contributed by atoms with van der Waals surface area (Å²) in [6.45, 7) is 3.63. The average molecular weight is 241 g/mol. The summed E-state index contributed by atoms with van der Waals surface area (Å²) in [7, 11) is 1.53. The zero-order valence-corrected chi connectivity index (χ0v) is 8.80. The SMILES string of the molecule is C=Cc1c(Br)ccc(OC)c1C=O. The highest BCUT2D eigenvalue weighted by Crippen LogP contribution is 2.28. The second-order valence-corrected chi connectivity index (χ2v) is 3.25. The van der Waals surface area contributed by atoms with Gasteiger partial charge in [-0.15, -0.1) is 0 Å². The number of halogens is 1. The molecule has 0 aliphatic heterocycles. The third kappa shape index (κ3) is 1.80. The summed E-state index contributed by atoms with van der Waals surface area (Å²) in [5.74, 6) is 0.563. The van der Waals surface area contributed by atoms with Gasteiger partial charge in [0.25, 0.3) is 0 Å². The van der Waals surface area contributed by atoms with Crippen molar-refractivity contribution < 1.29 is 9.53 Å². The molecule has 68 valence electrons. The summed E-state index contributed by atoms with van der Waals surface area (Å²) in [6.07, 6.45) is 2.39. The molecular formula is C10H9BrO2. The van der Waals surface area contributed by atoms with E-state index in [1.807, 2.05) is 6.07 Å². The van der Waals surface area contributed by atoms with Crippen molar-refractivity contribution in [2.75, 3.05) is 7.11 Å². The first-order valence-electron chi connectivity index (χ1n) is 3.68. The lowest BCUT2D eigenvalue weighted by Crippen LogP contribution is -1.94. The van der Waals surface area contributed by atoms with Gasteiger partial charge in [0.1, 0.15) is 5.75 Å². The van der Waals surface area contributed by atoms with Crippen molar-refractivity contribution in [3.8, 4) is 5.75 Å². The highest BCUT2D eigenvalue weighted by molar-refractivity contribution is 9.10. The summed E-state index contributed by atoms with van der Waals surface area (Å²) < 4.78 is 5.87. The van der Waals surface area contributed by atoms with Gasteiger partial charge >= 0.3 is 0 Å². The molecule has 13 heavy (non-hydrogen) atoms. The third-order valence-electron chi connectivity index (χ3n) is 1.74. The molecule has 0 radical (unpaired) electrons. The Kier molecular flexibility index (Phi) is 3.25. The summed E-state index contributed by atoms with van der Waals surface area (Å²) in [4.78, 5) is 10.8. The van der Waals surface area contributed by atoms with Crippen LogP contribution in [0.2, 0.25) is 0 Å². The van der Waals surface area contributed by atoms with Crippen LogP contribution in [0.25, 0.3) is 6.08 Å². The van der Waals surface area contributed by atoms with Crippen molar-refractivity contribution in [2.45, 2.75) is 0 Å². The maximum absolute atomic E-state index is 10.8. The smallest absolute Gasteiger partial charge is 0.154 e. The summed E-state index contributed by atoms with van der Waals surface area (Å²) in [6, 6.07) is 3.56. The molecule has 0 saturated heterocycles. The molecule has 0 aliphatic carbocycles. The van der Waals surface area contributed by atoms with Gasteiger partial charge in [0.15, 0.2) is 6.29 Å². The van der Waals surface area contributed by atoms with Gasteiger partial charge in [-0.05, 0) is 12.1 Å². The van der Waals surface area contributed by atoms with Crippen molar-refractivity contribution in [1.82, 2.24) is 0 Å². The Balaban J connectivity index is 3.44. The Bertz CT molecular complexity index is 345. The fourth-order valence-corrected chi connectivity index (χ4v) is 1.60. The molecule has 1 rings (SSSR count). The fraction of sp³-hybridized carbons (Fsp3) is 0.100. The van der Waals surface area contributed by atoms with Crippen LogP contribution in [0.5, 0.6) is 5.75 Å². The number of methoxy groups -OCH3 is 1. The van der Waals surface area contributed by atoms with Crippen molar-refractivity contribution in [3.63, 3.8) is 0 Å². The van der Waals surface area contributed by atoms with E-state index in [4.69, 9.17) is 4.74 Å². The predicted molar refractivity (Wildman–Crippen MR) is 56.2 cm³/mol. The van der Waals surface area contributed by atoms with E-state index in [2.05, 4.69) is 22.5 Å². The van der Waals surface area contributed by atoms with Crippen LogP contribution < -0.4 is 4.74 Å². The Morgan fingerprint density at radius 1 is 1.46 bits per heavy atom. The van der Waals surface area contributed by atoms with E-state index in [0.29, 0.717) is 11.3 Å². The van der Waals surface area contributed by atoms with Gasteiger partial charge in [-0.25, -0.2) is 0 Å². The normalized spacial score (nSPS) is 9.38. The molecule has 0 fully saturated rings. The molecule has 3 heteroatoms. The zero-order chi connectivity index (χ0) is 9.84. The van der Waals surface area contributed by atoms with E-state index < -0.39 is 0 Å². The molecule has 0 saturated carbocycles. The monoisotopic (exact) mass is 240 g/mol. The molecule has 0 bridgehead atoms. The van der Waals surface area contributed by atoms with Gasteiger partial charge < -0.3 is 4.74 Å². The molecule has 1 aromatic rings. The van der Waals surface area contributed by atoms with Gasteiger partial charge in [0.05, 0.1) is 12.7 Å². The first-order chi connectivity index (χ1) is 6.24. The largest absolute Gasteiger partial charge is 0.496 e. The van der Waals surface area contributed by atoms with E-state index in [1.54, 1.807) is 12.1 Å². The molecule has 0 atom stereocenters. The van der Waals surface area contributed by atoms with Gasteiger partial charge in [-0.2, -0.15) is 0 Å². The van der Waals surface area contributed by atoms with Crippen LogP contribution in [0, 0.1) is 0 Å². The third-order valence-corrected chi connectivity index (χ3v) is 2.43. The number of ether oxygens (including phenoxy) is 1. The van der Waals surface area contributed by atoms with Crippen LogP contribution in [-0.2, 0) is 0 Å². The Hall–Kier alpha value is -1.09. The zero-order valence-electron chi connectivity index (χ0n) is 7.21. The molecule has 0 unspecified atom stereocenters. The molecule has 0 aromatic heterocycles. The van der Waals surface area contributed by atoms with E-state index in [-0.39, 0.29) is 0 Å². The van der Waals surface area contributed by atoms with Gasteiger partial charge in [-0.1, -0.05) is 28.6 Å². The number of aldehydes is 1. The molecule has 0 heterocycles. The predicted octanol–water partition coefficient (Wildman–Crippen LogP) is 2.91.